The molecule has 0 saturated carbocycles. The summed E-state index contributed by atoms with van der Waals surface area (Å²) in [5.41, 5.74) is 4.31. The first-order valence-corrected chi connectivity index (χ1v) is 9.12. The van der Waals surface area contributed by atoms with Crippen LogP contribution in [0.25, 0.3) is 11.1 Å². The Hall–Kier alpha value is -3.80. The van der Waals surface area contributed by atoms with E-state index in [0.29, 0.717) is 11.4 Å². The second-order valence-electron chi connectivity index (χ2n) is 6.66. The average Bonchev–Trinajstić information content (AvgIpc) is 2.75. The molecule has 2 nitrogen and oxygen atoms in total. The van der Waals surface area contributed by atoms with Gasteiger partial charge >= 0.3 is 0 Å². The van der Waals surface area contributed by atoms with Crippen LogP contribution in [-0.2, 0) is 0 Å². The highest BCUT2D eigenvalue weighted by atomic mass is 19.2. The number of anilines is 4. The van der Waals surface area contributed by atoms with E-state index >= 15 is 0 Å². The highest BCUT2D eigenvalue weighted by molar-refractivity contribution is 5.71. The van der Waals surface area contributed by atoms with Gasteiger partial charge in [0, 0.05) is 34.9 Å². The Bertz CT molecular complexity index is 1080. The molecule has 0 aliphatic heterocycles. The lowest BCUT2D eigenvalue weighted by Crippen LogP contribution is -1.93. The van der Waals surface area contributed by atoms with Crippen LogP contribution in [0.1, 0.15) is 0 Å². The fourth-order valence-electron chi connectivity index (χ4n) is 2.97. The third kappa shape index (κ3) is 4.43. The summed E-state index contributed by atoms with van der Waals surface area (Å²) in [6.07, 6.45) is 0. The van der Waals surface area contributed by atoms with Gasteiger partial charge in [0.1, 0.15) is 0 Å². The first kappa shape index (κ1) is 19.5. The molecule has 0 atom stereocenters. The number of rotatable bonds is 5. The van der Waals surface area contributed by atoms with E-state index in [0.717, 1.165) is 46.8 Å². The molecule has 0 saturated heterocycles. The van der Waals surface area contributed by atoms with Crippen molar-refractivity contribution >= 4 is 22.7 Å². The lowest BCUT2D eigenvalue weighted by Gasteiger charge is -2.10. The van der Waals surface area contributed by atoms with Gasteiger partial charge in [-0.3, -0.25) is 0 Å². The van der Waals surface area contributed by atoms with Crippen molar-refractivity contribution in [2.75, 3.05) is 10.6 Å². The van der Waals surface area contributed by atoms with E-state index in [1.807, 2.05) is 48.5 Å². The highest BCUT2D eigenvalue weighted by Gasteiger charge is 2.05. The van der Waals surface area contributed by atoms with Gasteiger partial charge in [-0.15, -0.1) is 0 Å². The monoisotopic (exact) mass is 408 g/mol. The second-order valence-corrected chi connectivity index (χ2v) is 6.66. The maximum absolute atomic E-state index is 13.3. The zero-order valence-corrected chi connectivity index (χ0v) is 15.6. The predicted molar refractivity (Wildman–Crippen MR) is 111 cm³/mol. The number of halogens is 4. The van der Waals surface area contributed by atoms with Gasteiger partial charge in [0.2, 0.25) is 0 Å². The van der Waals surface area contributed by atoms with E-state index in [-0.39, 0.29) is 0 Å². The number of nitrogens with one attached hydrogen (secondary N) is 2. The molecule has 6 heteroatoms. The van der Waals surface area contributed by atoms with Gasteiger partial charge in [-0.1, -0.05) is 24.3 Å². The van der Waals surface area contributed by atoms with Crippen LogP contribution in [0.3, 0.4) is 0 Å². The minimum Gasteiger partial charge on any atom is -0.355 e. The van der Waals surface area contributed by atoms with Crippen molar-refractivity contribution in [2.24, 2.45) is 0 Å². The molecule has 0 amide bonds. The van der Waals surface area contributed by atoms with Crippen molar-refractivity contribution in [3.63, 3.8) is 0 Å². The second kappa shape index (κ2) is 8.29. The van der Waals surface area contributed by atoms with Gasteiger partial charge in [-0.2, -0.15) is 0 Å². The minimum atomic E-state index is -0.909. The molecule has 4 rings (SSSR count). The summed E-state index contributed by atoms with van der Waals surface area (Å²) in [6.45, 7) is 0. The van der Waals surface area contributed by atoms with Crippen molar-refractivity contribution < 1.29 is 17.6 Å². The van der Waals surface area contributed by atoms with E-state index in [9.17, 15) is 17.6 Å². The molecule has 0 bridgehead atoms. The Morgan fingerprint density at radius 3 is 1.03 bits per heavy atom. The van der Waals surface area contributed by atoms with Crippen LogP contribution in [0, 0.1) is 23.3 Å². The van der Waals surface area contributed by atoms with Crippen molar-refractivity contribution in [1.82, 2.24) is 0 Å². The lowest BCUT2D eigenvalue weighted by atomic mass is 10.0. The van der Waals surface area contributed by atoms with Crippen molar-refractivity contribution in [2.45, 2.75) is 0 Å². The Morgan fingerprint density at radius 1 is 0.367 bits per heavy atom. The molecule has 2 N–H and O–H groups in total. The first-order chi connectivity index (χ1) is 14.5. The Morgan fingerprint density at radius 2 is 0.700 bits per heavy atom. The zero-order valence-electron chi connectivity index (χ0n) is 15.6. The number of hydrogen-bond acceptors (Lipinski definition) is 2. The quantitative estimate of drug-likeness (QED) is 0.336. The molecule has 4 aromatic rings. The Balaban J connectivity index is 1.44. The molecule has 30 heavy (non-hydrogen) atoms. The molecule has 0 aromatic heterocycles. The number of benzene rings is 4. The standard InChI is InChI=1S/C24H16F4N2/c25-21-11-9-19(13-23(21)27)29-17-5-1-15(2-6-17)16-3-7-18(8-4-16)30-20-10-12-22(26)24(28)14-20/h1-14,29-30H. The van der Waals surface area contributed by atoms with Crippen molar-refractivity contribution in [3.8, 4) is 11.1 Å². The Kier molecular flexibility index (Phi) is 5.39. The molecule has 4 aromatic carbocycles. The lowest BCUT2D eigenvalue weighted by molar-refractivity contribution is 0.509. The summed E-state index contributed by atoms with van der Waals surface area (Å²) in [4.78, 5) is 0. The van der Waals surface area contributed by atoms with E-state index in [2.05, 4.69) is 10.6 Å². The van der Waals surface area contributed by atoms with Gasteiger partial charge in [0.15, 0.2) is 23.3 Å². The van der Waals surface area contributed by atoms with Crippen molar-refractivity contribution in [1.29, 1.82) is 0 Å². The van der Waals surface area contributed by atoms with Gasteiger partial charge < -0.3 is 10.6 Å². The molecule has 0 radical (unpaired) electrons. The molecule has 0 aliphatic carbocycles. The number of hydrogen-bond donors (Lipinski definition) is 2. The van der Waals surface area contributed by atoms with Gasteiger partial charge in [-0.25, -0.2) is 17.6 Å². The molecule has 0 heterocycles. The van der Waals surface area contributed by atoms with E-state index in [1.54, 1.807) is 0 Å². The summed E-state index contributed by atoms with van der Waals surface area (Å²) < 4.78 is 52.7. The smallest absolute Gasteiger partial charge is 0.160 e. The van der Waals surface area contributed by atoms with Crippen LogP contribution in [0.4, 0.5) is 40.3 Å². The minimum absolute atomic E-state index is 0.453. The predicted octanol–water partition coefficient (Wildman–Crippen LogP) is 7.40. The molecular formula is C24H16F4N2. The zero-order chi connectivity index (χ0) is 21.1. The third-order valence-electron chi connectivity index (χ3n) is 4.52. The molecule has 0 spiro atoms. The van der Waals surface area contributed by atoms with Crippen LogP contribution >= 0.6 is 0 Å². The fourth-order valence-corrected chi connectivity index (χ4v) is 2.97. The van der Waals surface area contributed by atoms with Crippen LogP contribution < -0.4 is 10.6 Å². The van der Waals surface area contributed by atoms with Crippen LogP contribution in [0.15, 0.2) is 84.9 Å². The molecule has 0 unspecified atom stereocenters. The van der Waals surface area contributed by atoms with Crippen LogP contribution in [0.5, 0.6) is 0 Å². The SMILES string of the molecule is Fc1ccc(Nc2ccc(-c3ccc(Nc4ccc(F)c(F)c4)cc3)cc2)cc1F. The first-order valence-electron chi connectivity index (χ1n) is 9.12. The average molecular weight is 408 g/mol. The highest BCUT2D eigenvalue weighted by Crippen LogP contribution is 2.26. The maximum atomic E-state index is 13.3. The molecule has 0 aliphatic rings. The van der Waals surface area contributed by atoms with E-state index in [4.69, 9.17) is 0 Å². The van der Waals surface area contributed by atoms with Crippen LogP contribution in [-0.4, -0.2) is 0 Å². The summed E-state index contributed by atoms with van der Waals surface area (Å²) in [7, 11) is 0. The Labute approximate surface area is 170 Å². The van der Waals surface area contributed by atoms with Gasteiger partial charge in [0.05, 0.1) is 0 Å². The summed E-state index contributed by atoms with van der Waals surface area (Å²) in [6, 6.07) is 22.2. The molecular weight excluding hydrogens is 392 g/mol. The third-order valence-corrected chi connectivity index (χ3v) is 4.52. The van der Waals surface area contributed by atoms with E-state index < -0.39 is 23.3 Å². The van der Waals surface area contributed by atoms with Gasteiger partial charge in [-0.05, 0) is 59.7 Å². The topological polar surface area (TPSA) is 24.1 Å². The summed E-state index contributed by atoms with van der Waals surface area (Å²) in [5.74, 6) is -3.60. The summed E-state index contributed by atoms with van der Waals surface area (Å²) in [5, 5.41) is 6.04. The van der Waals surface area contributed by atoms with Crippen molar-refractivity contribution in [3.05, 3.63) is 108 Å². The normalized spacial score (nSPS) is 10.7. The van der Waals surface area contributed by atoms with E-state index in [1.165, 1.54) is 12.1 Å². The molecule has 0 fully saturated rings. The summed E-state index contributed by atoms with van der Waals surface area (Å²) >= 11 is 0. The largest absolute Gasteiger partial charge is 0.355 e. The van der Waals surface area contributed by atoms with Crippen LogP contribution in [0.2, 0.25) is 0 Å². The fraction of sp³-hybridized carbons (Fsp3) is 0. The van der Waals surface area contributed by atoms with Gasteiger partial charge in [0.25, 0.3) is 0 Å². The maximum Gasteiger partial charge on any atom is 0.160 e. The molecule has 150 valence electrons.